The molecule has 0 saturated heterocycles. The Kier molecular flexibility index (Phi) is 3.52. The molecule has 0 aromatic carbocycles. The van der Waals surface area contributed by atoms with Crippen LogP contribution >= 0.6 is 15.9 Å². The summed E-state index contributed by atoms with van der Waals surface area (Å²) in [4.78, 5) is 0. The predicted molar refractivity (Wildman–Crippen MR) is 37.6 cm³/mol. The van der Waals surface area contributed by atoms with Crippen LogP contribution in [0.2, 0.25) is 0 Å². The molecule has 0 aromatic heterocycles. The Morgan fingerprint density at radius 1 is 1.75 bits per heavy atom. The minimum absolute atomic E-state index is 0.590. The van der Waals surface area contributed by atoms with Crippen LogP contribution in [0.5, 0.6) is 0 Å². The second-order valence-corrected chi connectivity index (χ2v) is 2.18. The van der Waals surface area contributed by atoms with Gasteiger partial charge in [-0.05, 0) is 29.8 Å². The van der Waals surface area contributed by atoms with Crippen molar-refractivity contribution in [3.8, 4) is 0 Å². The standard InChI is InChI=1S/C5H8BrNO/c1-3-5(6)4(2)7-8/h3,8H,1-2H3/b5-3+,7-4+. The normalized spacial score (nSPS) is 14.4. The first-order valence-electron chi connectivity index (χ1n) is 2.23. The summed E-state index contributed by atoms with van der Waals surface area (Å²) in [6.07, 6.45) is 1.81. The van der Waals surface area contributed by atoms with Gasteiger partial charge in [-0.3, -0.25) is 0 Å². The number of hydrogen-bond donors (Lipinski definition) is 1. The molecule has 0 bridgehead atoms. The molecular weight excluding hydrogens is 170 g/mol. The molecule has 0 amide bonds. The van der Waals surface area contributed by atoms with Crippen molar-refractivity contribution in [2.24, 2.45) is 5.16 Å². The highest BCUT2D eigenvalue weighted by molar-refractivity contribution is 9.12. The topological polar surface area (TPSA) is 32.6 Å². The summed E-state index contributed by atoms with van der Waals surface area (Å²) in [5.74, 6) is 0. The van der Waals surface area contributed by atoms with Crippen molar-refractivity contribution in [3.63, 3.8) is 0 Å². The van der Waals surface area contributed by atoms with Gasteiger partial charge in [0.05, 0.1) is 5.71 Å². The molecule has 46 valence electrons. The Morgan fingerprint density at radius 2 is 2.25 bits per heavy atom. The summed E-state index contributed by atoms with van der Waals surface area (Å²) in [6.45, 7) is 3.57. The zero-order valence-corrected chi connectivity index (χ0v) is 6.44. The third kappa shape index (κ3) is 2.12. The molecule has 0 fully saturated rings. The van der Waals surface area contributed by atoms with Crippen LogP contribution in [0.15, 0.2) is 15.7 Å². The van der Waals surface area contributed by atoms with E-state index in [4.69, 9.17) is 5.21 Å². The highest BCUT2D eigenvalue weighted by Gasteiger charge is 1.91. The van der Waals surface area contributed by atoms with Crippen molar-refractivity contribution in [2.75, 3.05) is 0 Å². The highest BCUT2D eigenvalue weighted by Crippen LogP contribution is 2.05. The molecule has 0 heterocycles. The average molecular weight is 178 g/mol. The molecule has 0 rings (SSSR count). The van der Waals surface area contributed by atoms with Crippen molar-refractivity contribution in [1.82, 2.24) is 0 Å². The monoisotopic (exact) mass is 177 g/mol. The molecule has 0 aromatic rings. The van der Waals surface area contributed by atoms with Gasteiger partial charge in [0.25, 0.3) is 0 Å². The molecular formula is C5H8BrNO. The van der Waals surface area contributed by atoms with Gasteiger partial charge < -0.3 is 5.21 Å². The van der Waals surface area contributed by atoms with Crippen molar-refractivity contribution in [1.29, 1.82) is 0 Å². The molecule has 0 saturated carbocycles. The third-order valence-corrected chi connectivity index (χ3v) is 1.78. The molecule has 0 atom stereocenters. The average Bonchev–Trinajstić information content (AvgIpc) is 1.84. The van der Waals surface area contributed by atoms with E-state index in [1.54, 1.807) is 6.92 Å². The van der Waals surface area contributed by atoms with Gasteiger partial charge in [-0.1, -0.05) is 11.2 Å². The number of hydrogen-bond acceptors (Lipinski definition) is 2. The van der Waals surface area contributed by atoms with E-state index in [2.05, 4.69) is 21.1 Å². The molecule has 0 unspecified atom stereocenters. The zero-order valence-electron chi connectivity index (χ0n) is 4.85. The summed E-state index contributed by atoms with van der Waals surface area (Å²) in [6, 6.07) is 0. The van der Waals surface area contributed by atoms with E-state index in [9.17, 15) is 0 Å². The van der Waals surface area contributed by atoms with Crippen LogP contribution < -0.4 is 0 Å². The smallest absolute Gasteiger partial charge is 0.0903 e. The molecule has 8 heavy (non-hydrogen) atoms. The Labute approximate surface area is 57.0 Å². The summed E-state index contributed by atoms with van der Waals surface area (Å²) in [5, 5.41) is 11.1. The first-order chi connectivity index (χ1) is 3.72. The van der Waals surface area contributed by atoms with Crippen molar-refractivity contribution in [3.05, 3.63) is 10.6 Å². The highest BCUT2D eigenvalue weighted by atomic mass is 79.9. The van der Waals surface area contributed by atoms with Gasteiger partial charge in [0.2, 0.25) is 0 Å². The van der Waals surface area contributed by atoms with Crippen LogP contribution in [0.4, 0.5) is 0 Å². The van der Waals surface area contributed by atoms with Crippen LogP contribution in [-0.4, -0.2) is 10.9 Å². The van der Waals surface area contributed by atoms with E-state index in [0.29, 0.717) is 5.71 Å². The fourth-order valence-electron chi connectivity index (χ4n) is 0.257. The van der Waals surface area contributed by atoms with Crippen LogP contribution in [0.1, 0.15) is 13.8 Å². The van der Waals surface area contributed by atoms with Crippen molar-refractivity contribution in [2.45, 2.75) is 13.8 Å². The van der Waals surface area contributed by atoms with E-state index in [1.807, 2.05) is 13.0 Å². The summed E-state index contributed by atoms with van der Waals surface area (Å²) >= 11 is 3.17. The lowest BCUT2D eigenvalue weighted by Gasteiger charge is -1.89. The summed E-state index contributed by atoms with van der Waals surface area (Å²) < 4.78 is 0.819. The van der Waals surface area contributed by atoms with Gasteiger partial charge in [0, 0.05) is 4.48 Å². The fraction of sp³-hybridized carbons (Fsp3) is 0.400. The second-order valence-electron chi connectivity index (χ2n) is 1.32. The number of oxime groups is 1. The summed E-state index contributed by atoms with van der Waals surface area (Å²) in [7, 11) is 0. The van der Waals surface area contributed by atoms with Gasteiger partial charge >= 0.3 is 0 Å². The van der Waals surface area contributed by atoms with E-state index in [-0.39, 0.29) is 0 Å². The molecule has 0 aliphatic rings. The van der Waals surface area contributed by atoms with Gasteiger partial charge in [-0.2, -0.15) is 0 Å². The molecule has 3 heteroatoms. The molecule has 0 aliphatic carbocycles. The lowest BCUT2D eigenvalue weighted by molar-refractivity contribution is 0.319. The SMILES string of the molecule is C/C=C(Br)\C(C)=N\O. The minimum atomic E-state index is 0.590. The van der Waals surface area contributed by atoms with Crippen LogP contribution in [0, 0.1) is 0 Å². The van der Waals surface area contributed by atoms with E-state index < -0.39 is 0 Å². The molecule has 0 aliphatic heterocycles. The number of halogens is 1. The van der Waals surface area contributed by atoms with Gasteiger partial charge in [0.1, 0.15) is 0 Å². The Balaban J connectivity index is 4.04. The maximum atomic E-state index is 8.15. The quantitative estimate of drug-likeness (QED) is 0.372. The Bertz CT molecular complexity index is 112. The van der Waals surface area contributed by atoms with Gasteiger partial charge in [0.15, 0.2) is 0 Å². The maximum absolute atomic E-state index is 8.15. The van der Waals surface area contributed by atoms with E-state index >= 15 is 0 Å². The zero-order chi connectivity index (χ0) is 6.57. The van der Waals surface area contributed by atoms with Gasteiger partial charge in [-0.15, -0.1) is 0 Å². The Morgan fingerprint density at radius 3 is 2.38 bits per heavy atom. The number of rotatable bonds is 1. The minimum Gasteiger partial charge on any atom is -0.411 e. The van der Waals surface area contributed by atoms with Crippen LogP contribution in [0.25, 0.3) is 0 Å². The predicted octanol–water partition coefficient (Wildman–Crippen LogP) is 2.14. The van der Waals surface area contributed by atoms with Crippen molar-refractivity contribution >= 4 is 21.6 Å². The lowest BCUT2D eigenvalue weighted by atomic mass is 10.4. The second kappa shape index (κ2) is 3.66. The molecule has 0 spiro atoms. The van der Waals surface area contributed by atoms with Crippen molar-refractivity contribution < 1.29 is 5.21 Å². The van der Waals surface area contributed by atoms with E-state index in [0.717, 1.165) is 4.48 Å². The Hall–Kier alpha value is -0.310. The fourth-order valence-corrected chi connectivity index (χ4v) is 0.336. The first kappa shape index (κ1) is 7.69. The largest absolute Gasteiger partial charge is 0.411 e. The molecule has 2 nitrogen and oxygen atoms in total. The maximum Gasteiger partial charge on any atom is 0.0903 e. The lowest BCUT2D eigenvalue weighted by Crippen LogP contribution is -1.87. The third-order valence-electron chi connectivity index (χ3n) is 0.749. The molecule has 0 radical (unpaired) electrons. The van der Waals surface area contributed by atoms with Crippen LogP contribution in [-0.2, 0) is 0 Å². The van der Waals surface area contributed by atoms with E-state index in [1.165, 1.54) is 0 Å². The van der Waals surface area contributed by atoms with Crippen LogP contribution in [0.3, 0.4) is 0 Å². The molecule has 1 N–H and O–H groups in total. The van der Waals surface area contributed by atoms with Gasteiger partial charge in [-0.25, -0.2) is 0 Å². The number of nitrogens with zero attached hydrogens (tertiary/aromatic N) is 1. The summed E-state index contributed by atoms with van der Waals surface area (Å²) in [5.41, 5.74) is 0.590. The first-order valence-corrected chi connectivity index (χ1v) is 3.02. The number of allylic oxidation sites excluding steroid dienone is 2.